The van der Waals surface area contributed by atoms with Gasteiger partial charge in [0, 0.05) is 98.5 Å². The van der Waals surface area contributed by atoms with Gasteiger partial charge in [-0.25, -0.2) is 27.2 Å². The molecular weight excluding hydrogens is 1030 g/mol. The van der Waals surface area contributed by atoms with E-state index in [1.807, 2.05) is 32.9 Å². The number of sulfone groups is 1. The standard InChI is InChI=1S/C52H54F2N10O10S2/c1-27(2)44(51(68)64-23-34(65)16-41(64)50(67)60-73-35-8-6-29(7-9-35)47-28(3)57-26-75-47)42-18-43(59-74-42)72-13-12-62-11-10-33(22-62)58-49(66)36-17-40-37(14-30(36)25-76(5,70)71)38-24-61(4)52(69)46-45(38)31(19-55-46)21-63(40)48-39(54)15-32(53)20-56-48/h6-9,14-15,17-20,24,26-27,33-34,41,44,55,65H,10-13,16,21-23,25H2,1-5H3,(H,58,66)(H,60,67)/t33-,34+,41-,44-/m0/s1. The third kappa shape index (κ3) is 10.5. The molecule has 0 unspecified atom stereocenters. The second-order valence-corrected chi connectivity index (χ2v) is 22.8. The van der Waals surface area contributed by atoms with Crippen molar-refractivity contribution in [3.8, 4) is 33.2 Å². The number of anilines is 2. The first-order chi connectivity index (χ1) is 36.3. The fraction of sp³-hybridized carbons (Fsp3) is 0.365. The summed E-state index contributed by atoms with van der Waals surface area (Å²) in [7, 11) is -2.15. The highest BCUT2D eigenvalue weighted by atomic mass is 32.2. The molecule has 0 radical (unpaired) electrons. The number of halogens is 2. The molecule has 10 rings (SSSR count). The van der Waals surface area contributed by atoms with Crippen molar-refractivity contribution in [3.05, 3.63) is 123 Å². The number of benzene rings is 2. The maximum Gasteiger partial charge on any atom is 0.275 e. The summed E-state index contributed by atoms with van der Waals surface area (Å²) in [6.07, 6.45) is 4.78. The van der Waals surface area contributed by atoms with Gasteiger partial charge in [0.1, 0.15) is 29.9 Å². The van der Waals surface area contributed by atoms with E-state index in [1.165, 1.54) is 37.8 Å². The smallest absolute Gasteiger partial charge is 0.275 e. The van der Waals surface area contributed by atoms with Crippen LogP contribution in [-0.4, -0.2) is 123 Å². The number of H-pyrrole nitrogens is 1. The lowest BCUT2D eigenvalue weighted by molar-refractivity contribution is -0.143. The number of aromatic amines is 1. The van der Waals surface area contributed by atoms with Gasteiger partial charge in [0.15, 0.2) is 33.0 Å². The molecule has 0 bridgehead atoms. The Labute approximate surface area is 438 Å². The first kappa shape index (κ1) is 51.9. The zero-order valence-electron chi connectivity index (χ0n) is 42.0. The Hall–Kier alpha value is -7.54. The van der Waals surface area contributed by atoms with Crippen molar-refractivity contribution < 1.29 is 50.8 Å². The zero-order chi connectivity index (χ0) is 53.7. The number of hydroxylamine groups is 1. The number of nitrogens with one attached hydrogen (secondary N) is 3. The van der Waals surface area contributed by atoms with Crippen LogP contribution in [0.5, 0.6) is 11.6 Å². The van der Waals surface area contributed by atoms with E-state index in [4.69, 9.17) is 14.1 Å². The molecule has 2 fully saturated rings. The minimum Gasteiger partial charge on any atom is -0.474 e. The van der Waals surface area contributed by atoms with Crippen LogP contribution < -0.4 is 30.8 Å². The minimum atomic E-state index is -3.72. The molecule has 24 heteroatoms. The van der Waals surface area contributed by atoms with Gasteiger partial charge in [-0.3, -0.25) is 24.1 Å². The first-order valence-electron chi connectivity index (χ1n) is 24.5. The Morgan fingerprint density at radius 1 is 1.07 bits per heavy atom. The maximum atomic E-state index is 15.7. The summed E-state index contributed by atoms with van der Waals surface area (Å²) in [4.78, 5) is 78.2. The summed E-state index contributed by atoms with van der Waals surface area (Å²) in [5.74, 6) is -4.64. The van der Waals surface area contributed by atoms with Crippen LogP contribution in [0.4, 0.5) is 20.3 Å². The molecule has 2 aromatic carbocycles. The van der Waals surface area contributed by atoms with E-state index >= 15 is 4.39 Å². The monoisotopic (exact) mass is 1080 g/mol. The van der Waals surface area contributed by atoms with Crippen molar-refractivity contribution in [2.45, 2.75) is 70.0 Å². The number of hydrogen-bond acceptors (Lipinski definition) is 16. The molecule has 0 aliphatic carbocycles. The summed E-state index contributed by atoms with van der Waals surface area (Å²) < 4.78 is 68.7. The molecular formula is C52H54F2N10O10S2. The quantitative estimate of drug-likeness (QED) is 0.0871. The summed E-state index contributed by atoms with van der Waals surface area (Å²) in [6, 6.07) is 11.1. The van der Waals surface area contributed by atoms with Gasteiger partial charge in [0.2, 0.25) is 5.91 Å². The van der Waals surface area contributed by atoms with Crippen LogP contribution in [0.3, 0.4) is 0 Å². The fourth-order valence-electron chi connectivity index (χ4n) is 10.3. The molecule has 0 spiro atoms. The fourth-order valence-corrected chi connectivity index (χ4v) is 11.9. The lowest BCUT2D eigenvalue weighted by atomic mass is 9.91. The van der Waals surface area contributed by atoms with Crippen molar-refractivity contribution in [2.75, 3.05) is 43.9 Å². The van der Waals surface area contributed by atoms with E-state index in [0.717, 1.165) is 28.6 Å². The van der Waals surface area contributed by atoms with Gasteiger partial charge in [-0.15, -0.1) is 11.3 Å². The van der Waals surface area contributed by atoms with Crippen LogP contribution in [0.15, 0.2) is 81.9 Å². The molecule has 2 saturated heterocycles. The van der Waals surface area contributed by atoms with E-state index in [9.17, 15) is 37.1 Å². The Morgan fingerprint density at radius 3 is 2.58 bits per heavy atom. The number of nitrogens with zero attached hydrogens (tertiary/aromatic N) is 7. The second kappa shape index (κ2) is 20.9. The van der Waals surface area contributed by atoms with Crippen molar-refractivity contribution in [1.29, 1.82) is 0 Å². The number of hydrogen-bond donors (Lipinski definition) is 4. The average Bonchev–Trinajstić information content (AvgIpc) is 4.24. The lowest BCUT2D eigenvalue weighted by Gasteiger charge is -2.28. The number of rotatable bonds is 16. The topological polar surface area (TPSA) is 247 Å². The Kier molecular flexibility index (Phi) is 14.3. The van der Waals surface area contributed by atoms with Crippen molar-refractivity contribution in [3.63, 3.8) is 0 Å². The molecule has 3 amide bonds. The number of amides is 3. The average molecular weight is 1080 g/mol. The van der Waals surface area contributed by atoms with Gasteiger partial charge in [0.05, 0.1) is 46.4 Å². The summed E-state index contributed by atoms with van der Waals surface area (Å²) in [5, 5.41) is 18.3. The Bertz CT molecular complexity index is 3560. The van der Waals surface area contributed by atoms with Gasteiger partial charge >= 0.3 is 0 Å². The first-order valence-corrected chi connectivity index (χ1v) is 27.5. The number of aliphatic hydroxyl groups is 1. The third-order valence-electron chi connectivity index (χ3n) is 13.9. The van der Waals surface area contributed by atoms with Gasteiger partial charge in [0.25, 0.3) is 23.3 Å². The molecule has 76 heavy (non-hydrogen) atoms. The molecule has 4 atom stereocenters. The van der Waals surface area contributed by atoms with Crippen molar-refractivity contribution in [1.82, 2.24) is 45.3 Å². The summed E-state index contributed by atoms with van der Waals surface area (Å²) in [6.45, 7) is 7.06. The number of aromatic nitrogens is 5. The molecule has 0 saturated carbocycles. The van der Waals surface area contributed by atoms with Crippen LogP contribution in [0.1, 0.15) is 65.5 Å². The highest BCUT2D eigenvalue weighted by molar-refractivity contribution is 7.89. The van der Waals surface area contributed by atoms with Crippen molar-refractivity contribution in [2.24, 2.45) is 13.0 Å². The van der Waals surface area contributed by atoms with E-state index in [-0.39, 0.29) is 83.4 Å². The van der Waals surface area contributed by atoms with Gasteiger partial charge in [-0.2, -0.15) is 5.48 Å². The summed E-state index contributed by atoms with van der Waals surface area (Å²) in [5.41, 5.74) is 8.06. The molecule has 398 valence electrons. The molecule has 7 aromatic rings. The molecule has 4 N–H and O–H groups in total. The number of carbonyl (C=O) groups excluding carboxylic acids is 3. The number of aliphatic hydroxyl groups excluding tert-OH is 1. The number of pyridine rings is 2. The number of ether oxygens (including phenoxy) is 1. The second-order valence-electron chi connectivity index (χ2n) is 19.8. The number of β-amino-alcohol motifs (C(OH)–C–C–N with tert-alkyl or cyclic N) is 1. The summed E-state index contributed by atoms with van der Waals surface area (Å²) >= 11 is 1.52. The highest BCUT2D eigenvalue weighted by Crippen LogP contribution is 2.45. The largest absolute Gasteiger partial charge is 0.474 e. The SMILES string of the molecule is Cc1ncsc1-c1ccc(ONC(=O)[C@@H]2C[C@@H](O)CN2C(=O)[C@H](c2cc(OCCN3CC[C@H](NC(=O)c4cc5c(cc4CS(C)(=O)=O)-c4cn(C)c(=O)c6[nH]cc(c46)CN5c4ncc(F)cc4F)C3)no2)C(C)C)cc1. The normalized spacial score (nSPS) is 18.0. The van der Waals surface area contributed by atoms with Gasteiger partial charge < -0.3 is 43.9 Å². The predicted octanol–water partition coefficient (Wildman–Crippen LogP) is 5.52. The maximum absolute atomic E-state index is 15.7. The van der Waals surface area contributed by atoms with Crippen LogP contribution in [0.2, 0.25) is 0 Å². The Balaban J connectivity index is 0.789. The van der Waals surface area contributed by atoms with Gasteiger partial charge in [-0.1, -0.05) is 13.8 Å². The Morgan fingerprint density at radius 2 is 1.86 bits per heavy atom. The number of thiazole rings is 1. The molecule has 5 aromatic heterocycles. The lowest BCUT2D eigenvalue weighted by Crippen LogP contribution is -2.48. The van der Waals surface area contributed by atoms with E-state index in [1.54, 1.807) is 43.2 Å². The van der Waals surface area contributed by atoms with E-state index < -0.39 is 63.0 Å². The zero-order valence-corrected chi connectivity index (χ0v) is 43.6. The number of likely N-dealkylation sites (tertiary alicyclic amines) is 2. The molecule has 20 nitrogen and oxygen atoms in total. The number of aryl methyl sites for hydroxylation is 2. The minimum absolute atomic E-state index is 0.00902. The van der Waals surface area contributed by atoms with Crippen LogP contribution in [0, 0.1) is 24.5 Å². The van der Waals surface area contributed by atoms with Crippen LogP contribution in [-0.2, 0) is 38.8 Å². The van der Waals surface area contributed by atoms with Crippen LogP contribution >= 0.6 is 11.3 Å². The molecule has 3 aliphatic rings. The van der Waals surface area contributed by atoms with E-state index in [0.29, 0.717) is 59.9 Å². The number of carbonyl (C=O) groups is 3. The van der Waals surface area contributed by atoms with Gasteiger partial charge in [-0.05, 0) is 77.5 Å². The predicted molar refractivity (Wildman–Crippen MR) is 277 cm³/mol. The third-order valence-corrected chi connectivity index (χ3v) is 15.7. The van der Waals surface area contributed by atoms with Crippen molar-refractivity contribution >= 4 is 61.3 Å². The molecule has 8 heterocycles. The molecule has 3 aliphatic heterocycles. The highest BCUT2D eigenvalue weighted by Gasteiger charge is 2.44. The van der Waals surface area contributed by atoms with Crippen LogP contribution in [0.25, 0.3) is 32.5 Å². The number of fused-ring (bicyclic) bond motifs is 2. The van der Waals surface area contributed by atoms with E-state index in [2.05, 4.69) is 35.8 Å².